The van der Waals surface area contributed by atoms with E-state index in [0.29, 0.717) is 0 Å². The number of nitrogens with zero attached hydrogens (tertiary/aromatic N) is 1. The molecule has 0 aromatic rings. The molecule has 0 aromatic heterocycles. The topological polar surface area (TPSA) is 83.6 Å². The van der Waals surface area contributed by atoms with Crippen molar-refractivity contribution in [2.45, 2.75) is 45.2 Å². The van der Waals surface area contributed by atoms with Crippen LogP contribution < -0.4 is 5.32 Å². The van der Waals surface area contributed by atoms with E-state index in [4.69, 9.17) is 0 Å². The second-order valence-corrected chi connectivity index (χ2v) is 9.04. The van der Waals surface area contributed by atoms with E-state index >= 15 is 0 Å². The van der Waals surface area contributed by atoms with Gasteiger partial charge in [0.05, 0.1) is 5.75 Å². The van der Waals surface area contributed by atoms with Crippen LogP contribution in [0.15, 0.2) is 0 Å². The van der Waals surface area contributed by atoms with Gasteiger partial charge in [0.15, 0.2) is 0 Å². The fourth-order valence-corrected chi connectivity index (χ4v) is 3.58. The Morgan fingerprint density at radius 3 is 2.33 bits per heavy atom. The summed E-state index contributed by atoms with van der Waals surface area (Å²) < 4.78 is 22.8. The molecule has 120 valence electrons. The minimum atomic E-state index is -3.18. The molecule has 1 N–H and O–H groups in total. The number of hydrogen-bond acceptors (Lipinski definition) is 4. The Morgan fingerprint density at radius 2 is 1.90 bits per heavy atom. The quantitative estimate of drug-likeness (QED) is 0.784. The molecule has 1 saturated carbocycles. The van der Waals surface area contributed by atoms with Crippen molar-refractivity contribution in [3.8, 4) is 0 Å². The molecule has 2 fully saturated rings. The maximum Gasteiger partial charge on any atom is 0.249 e. The Kier molecular flexibility index (Phi) is 4.08. The molecule has 2 rings (SSSR count). The minimum absolute atomic E-state index is 0.0581. The van der Waals surface area contributed by atoms with Crippen molar-refractivity contribution >= 4 is 21.7 Å². The van der Waals surface area contributed by atoms with Crippen LogP contribution in [0.4, 0.5) is 0 Å². The van der Waals surface area contributed by atoms with Gasteiger partial charge in [-0.3, -0.25) is 9.59 Å². The molecule has 0 bridgehead atoms. The van der Waals surface area contributed by atoms with E-state index in [0.717, 1.165) is 19.1 Å². The first-order chi connectivity index (χ1) is 9.56. The molecule has 0 radical (unpaired) electrons. The number of sulfone groups is 1. The van der Waals surface area contributed by atoms with Gasteiger partial charge in [0.2, 0.25) is 11.8 Å². The summed E-state index contributed by atoms with van der Waals surface area (Å²) in [5.74, 6) is -0.324. The van der Waals surface area contributed by atoms with Crippen LogP contribution in [0.2, 0.25) is 0 Å². The Bertz CT molecular complexity index is 553. The van der Waals surface area contributed by atoms with E-state index in [1.165, 1.54) is 4.90 Å². The normalized spacial score (nSPS) is 30.7. The highest BCUT2D eigenvalue weighted by molar-refractivity contribution is 7.90. The van der Waals surface area contributed by atoms with Crippen LogP contribution in [0.1, 0.15) is 33.6 Å². The number of hydrogen-bond donors (Lipinski definition) is 1. The van der Waals surface area contributed by atoms with Crippen molar-refractivity contribution < 1.29 is 18.0 Å². The van der Waals surface area contributed by atoms with E-state index < -0.39 is 21.4 Å². The molecule has 0 spiro atoms. The summed E-state index contributed by atoms with van der Waals surface area (Å²) >= 11 is 0. The first-order valence-corrected chi connectivity index (χ1v) is 9.43. The third-order valence-electron chi connectivity index (χ3n) is 4.42. The predicted molar refractivity (Wildman–Crippen MR) is 79.3 cm³/mol. The van der Waals surface area contributed by atoms with Crippen molar-refractivity contribution in [3.05, 3.63) is 0 Å². The van der Waals surface area contributed by atoms with Gasteiger partial charge >= 0.3 is 0 Å². The van der Waals surface area contributed by atoms with Crippen LogP contribution in [0.5, 0.6) is 0 Å². The highest BCUT2D eigenvalue weighted by Crippen LogP contribution is 2.42. The zero-order valence-corrected chi connectivity index (χ0v) is 13.9. The second-order valence-electron chi connectivity index (χ2n) is 6.78. The molecular weight excluding hydrogens is 292 g/mol. The summed E-state index contributed by atoms with van der Waals surface area (Å²) in [4.78, 5) is 26.7. The summed E-state index contributed by atoms with van der Waals surface area (Å²) in [6, 6.07) is -0.592. The van der Waals surface area contributed by atoms with Crippen LogP contribution in [-0.2, 0) is 19.4 Å². The van der Waals surface area contributed by atoms with Crippen molar-refractivity contribution in [1.82, 2.24) is 10.2 Å². The second kappa shape index (κ2) is 5.26. The van der Waals surface area contributed by atoms with Gasteiger partial charge in [0.25, 0.3) is 0 Å². The number of carbonyl (C=O) groups excluding carboxylic acids is 2. The van der Waals surface area contributed by atoms with Gasteiger partial charge in [-0.15, -0.1) is 0 Å². The van der Waals surface area contributed by atoms with Crippen molar-refractivity contribution in [3.63, 3.8) is 0 Å². The van der Waals surface area contributed by atoms with E-state index in [-0.39, 0.29) is 35.9 Å². The highest BCUT2D eigenvalue weighted by atomic mass is 32.2. The number of rotatable bonds is 5. The zero-order valence-electron chi connectivity index (χ0n) is 13.0. The smallest absolute Gasteiger partial charge is 0.249 e. The SMILES string of the molecule is CC(C)C1C(=O)NC(C)(C2CC2)C(=O)N1CCS(C)(=O)=O. The van der Waals surface area contributed by atoms with E-state index in [1.54, 1.807) is 6.92 Å². The highest BCUT2D eigenvalue weighted by Gasteiger charge is 2.55. The Balaban J connectivity index is 2.28. The van der Waals surface area contributed by atoms with Crippen molar-refractivity contribution in [2.24, 2.45) is 11.8 Å². The summed E-state index contributed by atoms with van der Waals surface area (Å²) in [5, 5.41) is 2.88. The van der Waals surface area contributed by atoms with Gasteiger partial charge in [0, 0.05) is 12.8 Å². The van der Waals surface area contributed by atoms with Crippen LogP contribution in [0.25, 0.3) is 0 Å². The Labute approximate surface area is 126 Å². The lowest BCUT2D eigenvalue weighted by Crippen LogP contribution is -2.71. The fraction of sp³-hybridized carbons (Fsp3) is 0.857. The maximum absolute atomic E-state index is 12.8. The lowest BCUT2D eigenvalue weighted by atomic mass is 9.86. The van der Waals surface area contributed by atoms with Gasteiger partial charge in [-0.25, -0.2) is 8.42 Å². The average molecular weight is 316 g/mol. The summed E-state index contributed by atoms with van der Waals surface area (Å²) in [6.45, 7) is 5.57. The summed E-state index contributed by atoms with van der Waals surface area (Å²) in [7, 11) is -3.18. The van der Waals surface area contributed by atoms with Gasteiger partial charge in [-0.2, -0.15) is 0 Å². The molecule has 2 amide bonds. The monoisotopic (exact) mass is 316 g/mol. The molecule has 0 aromatic carbocycles. The van der Waals surface area contributed by atoms with Crippen molar-refractivity contribution in [1.29, 1.82) is 0 Å². The number of piperazine rings is 1. The molecule has 6 nitrogen and oxygen atoms in total. The Morgan fingerprint density at radius 1 is 1.33 bits per heavy atom. The van der Waals surface area contributed by atoms with Crippen LogP contribution >= 0.6 is 0 Å². The van der Waals surface area contributed by atoms with E-state index in [1.807, 2.05) is 13.8 Å². The lowest BCUT2D eigenvalue weighted by molar-refractivity contribution is -0.156. The molecule has 2 atom stereocenters. The van der Waals surface area contributed by atoms with E-state index in [2.05, 4.69) is 5.32 Å². The molecule has 2 aliphatic rings. The van der Waals surface area contributed by atoms with Gasteiger partial charge < -0.3 is 10.2 Å². The molecule has 1 heterocycles. The molecule has 1 saturated heterocycles. The average Bonchev–Trinajstić information content (AvgIpc) is 3.14. The molecule has 1 aliphatic carbocycles. The third kappa shape index (κ3) is 3.22. The molecule has 2 unspecified atom stereocenters. The first-order valence-electron chi connectivity index (χ1n) is 7.37. The minimum Gasteiger partial charge on any atom is -0.340 e. The lowest BCUT2D eigenvalue weighted by Gasteiger charge is -2.46. The van der Waals surface area contributed by atoms with E-state index in [9.17, 15) is 18.0 Å². The summed E-state index contributed by atoms with van der Waals surface area (Å²) in [6.07, 6.45) is 3.00. The van der Waals surface area contributed by atoms with Gasteiger partial charge in [-0.1, -0.05) is 13.8 Å². The number of amides is 2. The van der Waals surface area contributed by atoms with Gasteiger partial charge in [-0.05, 0) is 31.6 Å². The number of nitrogens with one attached hydrogen (secondary N) is 1. The molecule has 7 heteroatoms. The first kappa shape index (κ1) is 16.3. The number of carbonyl (C=O) groups is 2. The van der Waals surface area contributed by atoms with Crippen LogP contribution in [-0.4, -0.2) is 55.3 Å². The third-order valence-corrected chi connectivity index (χ3v) is 5.34. The Hall–Kier alpha value is -1.11. The largest absolute Gasteiger partial charge is 0.340 e. The fourth-order valence-electron chi connectivity index (χ4n) is 3.05. The molecule has 1 aliphatic heterocycles. The van der Waals surface area contributed by atoms with Gasteiger partial charge in [0.1, 0.15) is 21.4 Å². The maximum atomic E-state index is 12.8. The van der Waals surface area contributed by atoms with Crippen molar-refractivity contribution in [2.75, 3.05) is 18.6 Å². The molecular formula is C14H24N2O4S. The predicted octanol–water partition coefficient (Wildman–Crippen LogP) is 0.183. The van der Waals surface area contributed by atoms with Crippen LogP contribution in [0, 0.1) is 11.8 Å². The molecule has 21 heavy (non-hydrogen) atoms. The summed E-state index contributed by atoms with van der Waals surface area (Å²) in [5.41, 5.74) is -0.875. The zero-order chi connectivity index (χ0) is 16.0. The van der Waals surface area contributed by atoms with Crippen LogP contribution in [0.3, 0.4) is 0 Å². The standard InChI is InChI=1S/C14H24N2O4S/c1-9(2)11-12(17)15-14(3,10-5-6-10)13(18)16(11)7-8-21(4,19)20/h9-11H,5-8H2,1-4H3,(H,15,17).